The molecule has 116 valence electrons. The molecule has 22 heavy (non-hydrogen) atoms. The molecule has 5 nitrogen and oxygen atoms in total. The van der Waals surface area contributed by atoms with Gasteiger partial charge in [-0.05, 0) is 24.3 Å². The summed E-state index contributed by atoms with van der Waals surface area (Å²) in [5, 5.41) is 0.585. The predicted molar refractivity (Wildman–Crippen MR) is 86.7 cm³/mol. The van der Waals surface area contributed by atoms with Gasteiger partial charge in [-0.25, -0.2) is 13.4 Å². The predicted octanol–water partition coefficient (Wildman–Crippen LogP) is 2.25. The van der Waals surface area contributed by atoms with Crippen LogP contribution in [0.1, 0.15) is 0 Å². The number of hydrogen-bond donors (Lipinski definition) is 0. The van der Waals surface area contributed by atoms with E-state index in [-0.39, 0.29) is 0 Å². The first kappa shape index (κ1) is 15.3. The van der Waals surface area contributed by atoms with E-state index >= 15 is 0 Å². The lowest BCUT2D eigenvalue weighted by molar-refractivity contribution is 0.384. The van der Waals surface area contributed by atoms with E-state index in [1.54, 1.807) is 48.7 Å². The summed E-state index contributed by atoms with van der Waals surface area (Å²) in [6, 6.07) is 12.1. The molecular formula is C15H16ClN3O2S. The van der Waals surface area contributed by atoms with Gasteiger partial charge >= 0.3 is 0 Å². The normalized spacial score (nSPS) is 16.7. The zero-order valence-corrected chi connectivity index (χ0v) is 13.5. The van der Waals surface area contributed by atoms with Gasteiger partial charge in [-0.3, -0.25) is 0 Å². The Morgan fingerprint density at radius 1 is 0.955 bits per heavy atom. The average molecular weight is 338 g/mol. The van der Waals surface area contributed by atoms with E-state index < -0.39 is 10.0 Å². The van der Waals surface area contributed by atoms with Crippen molar-refractivity contribution >= 4 is 27.4 Å². The molecule has 1 aromatic carbocycles. The summed E-state index contributed by atoms with van der Waals surface area (Å²) in [6.07, 6.45) is 1.69. The lowest BCUT2D eigenvalue weighted by atomic mass is 10.3. The van der Waals surface area contributed by atoms with Crippen molar-refractivity contribution in [1.29, 1.82) is 0 Å². The first-order chi connectivity index (χ1) is 10.6. The molecule has 0 radical (unpaired) electrons. The molecule has 0 saturated carbocycles. The van der Waals surface area contributed by atoms with Gasteiger partial charge in [0.1, 0.15) is 5.82 Å². The van der Waals surface area contributed by atoms with Crippen LogP contribution in [0.25, 0.3) is 0 Å². The minimum Gasteiger partial charge on any atom is -0.353 e. The van der Waals surface area contributed by atoms with Crippen molar-refractivity contribution in [2.24, 2.45) is 0 Å². The van der Waals surface area contributed by atoms with Gasteiger partial charge < -0.3 is 4.90 Å². The topological polar surface area (TPSA) is 53.5 Å². The van der Waals surface area contributed by atoms with Crippen LogP contribution in [-0.2, 0) is 10.0 Å². The van der Waals surface area contributed by atoms with Crippen molar-refractivity contribution in [2.75, 3.05) is 31.1 Å². The van der Waals surface area contributed by atoms with Gasteiger partial charge in [0, 0.05) is 32.4 Å². The molecule has 1 fully saturated rings. The second kappa shape index (κ2) is 6.24. The van der Waals surface area contributed by atoms with E-state index in [1.165, 1.54) is 4.31 Å². The summed E-state index contributed by atoms with van der Waals surface area (Å²) in [4.78, 5) is 6.62. The fourth-order valence-corrected chi connectivity index (χ4v) is 4.18. The molecule has 2 heterocycles. The van der Waals surface area contributed by atoms with Gasteiger partial charge in [-0.2, -0.15) is 4.31 Å². The van der Waals surface area contributed by atoms with Crippen molar-refractivity contribution < 1.29 is 8.42 Å². The summed E-state index contributed by atoms with van der Waals surface area (Å²) >= 11 is 6.14. The molecule has 0 amide bonds. The number of anilines is 1. The van der Waals surface area contributed by atoms with Crippen LogP contribution < -0.4 is 4.90 Å². The first-order valence-corrected chi connectivity index (χ1v) is 8.81. The SMILES string of the molecule is O=S(=O)(c1ccccc1)N1CCN(c2ncccc2Cl)CC1. The van der Waals surface area contributed by atoms with E-state index in [9.17, 15) is 8.42 Å². The molecule has 0 bridgehead atoms. The Morgan fingerprint density at radius 3 is 2.27 bits per heavy atom. The fourth-order valence-electron chi connectivity index (χ4n) is 2.49. The zero-order valence-electron chi connectivity index (χ0n) is 11.9. The fraction of sp³-hybridized carbons (Fsp3) is 0.267. The maximum Gasteiger partial charge on any atom is 0.243 e. The highest BCUT2D eigenvalue weighted by Gasteiger charge is 2.29. The number of piperazine rings is 1. The van der Waals surface area contributed by atoms with E-state index in [0.717, 1.165) is 0 Å². The summed E-state index contributed by atoms with van der Waals surface area (Å²) in [7, 11) is -3.42. The van der Waals surface area contributed by atoms with Crippen molar-refractivity contribution in [3.8, 4) is 0 Å². The number of aromatic nitrogens is 1. The van der Waals surface area contributed by atoms with Crippen LogP contribution in [0.3, 0.4) is 0 Å². The third kappa shape index (κ3) is 2.95. The second-order valence-electron chi connectivity index (χ2n) is 5.01. The number of benzene rings is 1. The van der Waals surface area contributed by atoms with Crippen LogP contribution in [0.2, 0.25) is 5.02 Å². The van der Waals surface area contributed by atoms with Gasteiger partial charge in [0.05, 0.1) is 9.92 Å². The molecule has 0 atom stereocenters. The summed E-state index contributed by atoms with van der Waals surface area (Å²) in [5.74, 6) is 0.709. The third-order valence-corrected chi connectivity index (χ3v) is 5.87. The maximum atomic E-state index is 12.6. The monoisotopic (exact) mass is 337 g/mol. The molecular weight excluding hydrogens is 322 g/mol. The largest absolute Gasteiger partial charge is 0.353 e. The van der Waals surface area contributed by atoms with Gasteiger partial charge in [0.15, 0.2) is 0 Å². The van der Waals surface area contributed by atoms with Crippen LogP contribution in [0.5, 0.6) is 0 Å². The Hall–Kier alpha value is -1.63. The smallest absolute Gasteiger partial charge is 0.243 e. The molecule has 1 aromatic heterocycles. The van der Waals surface area contributed by atoms with Crippen molar-refractivity contribution in [1.82, 2.24) is 9.29 Å². The Morgan fingerprint density at radius 2 is 1.64 bits per heavy atom. The van der Waals surface area contributed by atoms with E-state index in [2.05, 4.69) is 4.98 Å². The number of sulfonamides is 1. The highest BCUT2D eigenvalue weighted by Crippen LogP contribution is 2.25. The summed E-state index contributed by atoms with van der Waals surface area (Å²) < 4.78 is 26.6. The zero-order chi connectivity index (χ0) is 15.6. The molecule has 1 saturated heterocycles. The van der Waals surface area contributed by atoms with Crippen LogP contribution in [-0.4, -0.2) is 43.9 Å². The molecule has 0 unspecified atom stereocenters. The molecule has 0 spiro atoms. The van der Waals surface area contributed by atoms with E-state index in [0.29, 0.717) is 41.9 Å². The Balaban J connectivity index is 1.74. The standard InChI is InChI=1S/C15H16ClN3O2S/c16-14-7-4-8-17-15(14)18-9-11-19(12-10-18)22(20,21)13-5-2-1-3-6-13/h1-8H,9-12H2. The van der Waals surface area contributed by atoms with Crippen molar-refractivity contribution in [3.05, 3.63) is 53.7 Å². The van der Waals surface area contributed by atoms with Gasteiger partial charge in [0.2, 0.25) is 10.0 Å². The average Bonchev–Trinajstić information content (AvgIpc) is 2.56. The highest BCUT2D eigenvalue weighted by molar-refractivity contribution is 7.89. The quantitative estimate of drug-likeness (QED) is 0.862. The minimum absolute atomic E-state index is 0.333. The third-order valence-electron chi connectivity index (χ3n) is 3.66. The molecule has 1 aliphatic heterocycles. The van der Waals surface area contributed by atoms with Crippen LogP contribution in [0.15, 0.2) is 53.6 Å². The molecule has 0 aliphatic carbocycles. The molecule has 3 rings (SSSR count). The molecule has 1 aliphatic rings. The van der Waals surface area contributed by atoms with Crippen molar-refractivity contribution in [3.63, 3.8) is 0 Å². The maximum absolute atomic E-state index is 12.6. The Bertz CT molecular complexity index is 744. The number of nitrogens with zero attached hydrogens (tertiary/aromatic N) is 3. The Kier molecular flexibility index (Phi) is 4.33. The van der Waals surface area contributed by atoms with Crippen LogP contribution >= 0.6 is 11.6 Å². The van der Waals surface area contributed by atoms with Gasteiger partial charge in [-0.1, -0.05) is 29.8 Å². The minimum atomic E-state index is -3.42. The molecule has 7 heteroatoms. The second-order valence-corrected chi connectivity index (χ2v) is 7.36. The van der Waals surface area contributed by atoms with Gasteiger partial charge in [0.25, 0.3) is 0 Å². The first-order valence-electron chi connectivity index (χ1n) is 7.00. The molecule has 2 aromatic rings. The number of pyridine rings is 1. The number of rotatable bonds is 3. The van der Waals surface area contributed by atoms with Crippen LogP contribution in [0, 0.1) is 0 Å². The van der Waals surface area contributed by atoms with Gasteiger partial charge in [-0.15, -0.1) is 0 Å². The Labute approximate surface area is 135 Å². The van der Waals surface area contributed by atoms with E-state index in [1.807, 2.05) is 4.90 Å². The number of hydrogen-bond acceptors (Lipinski definition) is 4. The highest BCUT2D eigenvalue weighted by atomic mass is 35.5. The summed E-state index contributed by atoms with van der Waals surface area (Å²) in [5.41, 5.74) is 0. The lowest BCUT2D eigenvalue weighted by Gasteiger charge is -2.34. The number of halogens is 1. The lowest BCUT2D eigenvalue weighted by Crippen LogP contribution is -2.49. The summed E-state index contributed by atoms with van der Waals surface area (Å²) in [6.45, 7) is 1.99. The molecule has 0 N–H and O–H groups in total. The van der Waals surface area contributed by atoms with Crippen molar-refractivity contribution in [2.45, 2.75) is 4.90 Å². The van der Waals surface area contributed by atoms with E-state index in [4.69, 9.17) is 11.6 Å². The van der Waals surface area contributed by atoms with Crippen LogP contribution in [0.4, 0.5) is 5.82 Å².